The van der Waals surface area contributed by atoms with Crippen LogP contribution in [-0.2, 0) is 27.2 Å². The number of Topliss-reactive ketones (excluding diaryl/α,β-unsaturated/α-hetero) is 1. The normalized spacial score (nSPS) is 11.7. The predicted molar refractivity (Wildman–Crippen MR) is 119 cm³/mol. The molecule has 0 aliphatic rings. The summed E-state index contributed by atoms with van der Waals surface area (Å²) in [5.74, 6) is -1.26. The number of carbonyl (C=O) groups is 3. The molecular formula is C25H26N2O4. The maximum atomic E-state index is 12.9. The number of fused-ring (bicyclic) bond motifs is 1. The van der Waals surface area contributed by atoms with E-state index in [9.17, 15) is 14.4 Å². The summed E-state index contributed by atoms with van der Waals surface area (Å²) in [6.07, 6.45) is 1.06. The predicted octanol–water partition coefficient (Wildman–Crippen LogP) is 3.58. The molecule has 1 aromatic heterocycles. The Balaban J connectivity index is 1.71. The van der Waals surface area contributed by atoms with E-state index >= 15 is 0 Å². The van der Waals surface area contributed by atoms with Crippen LogP contribution < -0.4 is 5.32 Å². The van der Waals surface area contributed by atoms with E-state index in [0.29, 0.717) is 29.3 Å². The first-order valence-corrected chi connectivity index (χ1v) is 10.3. The fourth-order valence-electron chi connectivity index (χ4n) is 3.55. The first-order valence-electron chi connectivity index (χ1n) is 10.3. The molecule has 0 fully saturated rings. The van der Waals surface area contributed by atoms with Gasteiger partial charge in [0.15, 0.2) is 12.4 Å². The van der Waals surface area contributed by atoms with Crippen molar-refractivity contribution in [1.29, 1.82) is 0 Å². The van der Waals surface area contributed by atoms with Gasteiger partial charge in [-0.15, -0.1) is 0 Å². The van der Waals surface area contributed by atoms with Crippen LogP contribution >= 0.6 is 0 Å². The lowest BCUT2D eigenvalue weighted by atomic mass is 10.0. The van der Waals surface area contributed by atoms with E-state index in [0.717, 1.165) is 16.8 Å². The molecule has 3 aromatic rings. The Labute approximate surface area is 181 Å². The summed E-state index contributed by atoms with van der Waals surface area (Å²) in [5, 5.41) is 3.36. The second-order valence-corrected chi connectivity index (χ2v) is 7.43. The van der Waals surface area contributed by atoms with Gasteiger partial charge in [0.05, 0.1) is 17.1 Å². The van der Waals surface area contributed by atoms with Gasteiger partial charge in [-0.1, -0.05) is 55.5 Å². The first-order chi connectivity index (χ1) is 14.9. The van der Waals surface area contributed by atoms with Crippen molar-refractivity contribution in [1.82, 2.24) is 10.3 Å². The van der Waals surface area contributed by atoms with Crippen LogP contribution in [0.2, 0.25) is 0 Å². The Bertz CT molecular complexity index is 1110. The van der Waals surface area contributed by atoms with Crippen LogP contribution in [0.4, 0.5) is 0 Å². The Morgan fingerprint density at radius 3 is 2.39 bits per heavy atom. The monoisotopic (exact) mass is 418 g/mol. The van der Waals surface area contributed by atoms with Crippen molar-refractivity contribution in [2.24, 2.45) is 0 Å². The highest BCUT2D eigenvalue weighted by Crippen LogP contribution is 2.24. The Morgan fingerprint density at radius 1 is 1.03 bits per heavy atom. The van der Waals surface area contributed by atoms with Crippen LogP contribution in [0.5, 0.6) is 0 Å². The Morgan fingerprint density at radius 2 is 1.71 bits per heavy atom. The quantitative estimate of drug-likeness (QED) is 0.565. The molecule has 0 bridgehead atoms. The second-order valence-electron chi connectivity index (χ2n) is 7.43. The third-order valence-electron chi connectivity index (χ3n) is 5.22. The molecule has 6 heteroatoms. The molecule has 0 saturated heterocycles. The van der Waals surface area contributed by atoms with Gasteiger partial charge in [0, 0.05) is 11.1 Å². The summed E-state index contributed by atoms with van der Waals surface area (Å²) in [5.41, 5.74) is 3.63. The van der Waals surface area contributed by atoms with Crippen LogP contribution in [0.25, 0.3) is 10.9 Å². The fourth-order valence-corrected chi connectivity index (χ4v) is 3.55. The third kappa shape index (κ3) is 5.34. The molecule has 0 unspecified atom stereocenters. The van der Waals surface area contributed by atoms with Gasteiger partial charge in [-0.25, -0.2) is 4.79 Å². The molecule has 0 saturated carbocycles. The minimum Gasteiger partial charge on any atom is -0.452 e. The molecule has 1 atom stereocenters. The summed E-state index contributed by atoms with van der Waals surface area (Å²) in [6, 6.07) is 16.1. The number of carbonyl (C=O) groups excluding carboxylic acids is 3. The van der Waals surface area contributed by atoms with Crippen molar-refractivity contribution >= 4 is 28.6 Å². The van der Waals surface area contributed by atoms with E-state index in [1.807, 2.05) is 68.4 Å². The number of nitrogens with one attached hydrogen (secondary N) is 1. The molecule has 3 rings (SSSR count). The first kappa shape index (κ1) is 22.2. The molecule has 1 amide bonds. The number of nitrogens with zero attached hydrogens (tertiary/aromatic N) is 1. The number of esters is 1. The average Bonchev–Trinajstić information content (AvgIpc) is 2.77. The fraction of sp³-hybridized carbons (Fsp3) is 0.280. The van der Waals surface area contributed by atoms with Crippen LogP contribution in [-0.4, -0.2) is 35.3 Å². The largest absolute Gasteiger partial charge is 0.452 e. The van der Waals surface area contributed by atoms with Gasteiger partial charge in [-0.05, 0) is 43.9 Å². The summed E-state index contributed by atoms with van der Waals surface area (Å²) in [7, 11) is 0. The van der Waals surface area contributed by atoms with E-state index in [1.165, 1.54) is 6.92 Å². The molecule has 31 heavy (non-hydrogen) atoms. The number of aromatic nitrogens is 1. The number of hydrogen-bond acceptors (Lipinski definition) is 5. The van der Waals surface area contributed by atoms with Crippen molar-refractivity contribution in [2.45, 2.75) is 39.7 Å². The van der Waals surface area contributed by atoms with Crippen molar-refractivity contribution in [3.63, 3.8) is 0 Å². The number of hydrogen-bond donors (Lipinski definition) is 1. The minimum atomic E-state index is -0.677. The summed E-state index contributed by atoms with van der Waals surface area (Å²) in [6.45, 7) is 4.77. The van der Waals surface area contributed by atoms with Crippen LogP contribution in [0.1, 0.15) is 41.0 Å². The van der Waals surface area contributed by atoms with Crippen molar-refractivity contribution in [3.8, 4) is 0 Å². The van der Waals surface area contributed by atoms with Crippen molar-refractivity contribution in [3.05, 3.63) is 77.0 Å². The van der Waals surface area contributed by atoms with Crippen molar-refractivity contribution < 1.29 is 19.1 Å². The molecular weight excluding hydrogens is 392 g/mol. The number of benzene rings is 2. The molecule has 0 aliphatic heterocycles. The van der Waals surface area contributed by atoms with Gasteiger partial charge in [0.25, 0.3) is 5.91 Å². The van der Waals surface area contributed by atoms with E-state index in [2.05, 4.69) is 10.3 Å². The van der Waals surface area contributed by atoms with E-state index in [-0.39, 0.29) is 5.78 Å². The summed E-state index contributed by atoms with van der Waals surface area (Å²) >= 11 is 0. The maximum Gasteiger partial charge on any atom is 0.339 e. The number of ketones is 1. The third-order valence-corrected chi connectivity index (χ3v) is 5.22. The highest BCUT2D eigenvalue weighted by Gasteiger charge is 2.21. The van der Waals surface area contributed by atoms with Gasteiger partial charge in [-0.2, -0.15) is 0 Å². The number of amides is 1. The number of rotatable bonds is 8. The zero-order valence-corrected chi connectivity index (χ0v) is 18.0. The summed E-state index contributed by atoms with van der Waals surface area (Å²) in [4.78, 5) is 41.8. The van der Waals surface area contributed by atoms with E-state index < -0.39 is 24.5 Å². The number of para-hydroxylation sites is 1. The van der Waals surface area contributed by atoms with Crippen LogP contribution in [0.15, 0.2) is 54.6 Å². The molecule has 160 valence electrons. The Hall–Kier alpha value is -3.54. The van der Waals surface area contributed by atoms with Gasteiger partial charge < -0.3 is 10.1 Å². The number of pyridine rings is 1. The highest BCUT2D eigenvalue weighted by atomic mass is 16.5. The molecule has 1 heterocycles. The van der Waals surface area contributed by atoms with Gasteiger partial charge in [0.2, 0.25) is 0 Å². The van der Waals surface area contributed by atoms with Gasteiger partial charge in [0.1, 0.15) is 0 Å². The van der Waals surface area contributed by atoms with Crippen molar-refractivity contribution in [2.75, 3.05) is 6.61 Å². The number of ether oxygens (including phenoxy) is 1. The van der Waals surface area contributed by atoms with Crippen LogP contribution in [0, 0.1) is 6.92 Å². The SMILES string of the molecule is CCc1nc2ccccc2c(C(=O)OCC(=O)N[C@@H](Cc2ccccc2)C(C)=O)c1C. The van der Waals surface area contributed by atoms with Crippen LogP contribution in [0.3, 0.4) is 0 Å². The Kier molecular flexibility index (Phi) is 7.13. The van der Waals surface area contributed by atoms with Gasteiger partial charge in [-0.3, -0.25) is 14.6 Å². The summed E-state index contributed by atoms with van der Waals surface area (Å²) < 4.78 is 5.32. The highest BCUT2D eigenvalue weighted by molar-refractivity contribution is 6.05. The lowest BCUT2D eigenvalue weighted by Gasteiger charge is -2.17. The molecule has 0 aliphatic carbocycles. The lowest BCUT2D eigenvalue weighted by molar-refractivity contribution is -0.128. The van der Waals surface area contributed by atoms with E-state index in [1.54, 1.807) is 0 Å². The van der Waals surface area contributed by atoms with Gasteiger partial charge >= 0.3 is 5.97 Å². The topological polar surface area (TPSA) is 85.4 Å². The number of aryl methyl sites for hydroxylation is 1. The maximum absolute atomic E-state index is 12.9. The second kappa shape index (κ2) is 9.98. The standard InChI is InChI=1S/C25H26N2O4/c1-4-20-16(2)24(19-12-8-9-13-21(19)26-20)25(30)31-15-23(29)27-22(17(3)28)14-18-10-6-5-7-11-18/h5-13,22H,4,14-15H2,1-3H3,(H,27,29)/t22-/m0/s1. The molecule has 0 spiro atoms. The molecule has 2 aromatic carbocycles. The zero-order chi connectivity index (χ0) is 22.4. The molecule has 6 nitrogen and oxygen atoms in total. The lowest BCUT2D eigenvalue weighted by Crippen LogP contribution is -2.43. The molecule has 1 N–H and O–H groups in total. The minimum absolute atomic E-state index is 0.160. The zero-order valence-electron chi connectivity index (χ0n) is 18.0. The molecule has 0 radical (unpaired) electrons. The smallest absolute Gasteiger partial charge is 0.339 e. The average molecular weight is 418 g/mol. The van der Waals surface area contributed by atoms with E-state index in [4.69, 9.17) is 4.74 Å².